The van der Waals surface area contributed by atoms with Crippen molar-refractivity contribution in [1.82, 2.24) is 5.32 Å². The van der Waals surface area contributed by atoms with Gasteiger partial charge >= 0.3 is 0 Å². The van der Waals surface area contributed by atoms with E-state index in [2.05, 4.69) is 11.4 Å². The second-order valence-electron chi connectivity index (χ2n) is 5.54. The topological polar surface area (TPSA) is 41.5 Å². The second kappa shape index (κ2) is 4.90. The van der Waals surface area contributed by atoms with E-state index in [1.807, 2.05) is 18.2 Å². The van der Waals surface area contributed by atoms with Crippen LogP contribution in [0.3, 0.4) is 0 Å². The SMILES string of the molecule is OC1(CNC2CCOc3ccccc32)CCCC1. The summed E-state index contributed by atoms with van der Waals surface area (Å²) in [5.41, 5.74) is 0.748. The first kappa shape index (κ1) is 12.0. The number of nitrogens with one attached hydrogen (secondary N) is 1. The predicted molar refractivity (Wildman–Crippen MR) is 70.7 cm³/mol. The van der Waals surface area contributed by atoms with Crippen molar-refractivity contribution >= 4 is 0 Å². The summed E-state index contributed by atoms with van der Waals surface area (Å²) in [5.74, 6) is 0.986. The molecule has 0 bridgehead atoms. The summed E-state index contributed by atoms with van der Waals surface area (Å²) in [6.07, 6.45) is 5.16. The standard InChI is InChI=1S/C15H21NO2/c17-15(8-3-4-9-15)11-16-13-7-10-18-14-6-2-1-5-12(13)14/h1-2,5-6,13,16-17H,3-4,7-11H2. The van der Waals surface area contributed by atoms with Crippen molar-refractivity contribution in [3.8, 4) is 5.75 Å². The van der Waals surface area contributed by atoms with E-state index in [9.17, 15) is 5.11 Å². The summed E-state index contributed by atoms with van der Waals surface area (Å²) in [4.78, 5) is 0. The highest BCUT2D eigenvalue weighted by Crippen LogP contribution is 2.33. The van der Waals surface area contributed by atoms with Crippen molar-refractivity contribution in [2.75, 3.05) is 13.2 Å². The van der Waals surface area contributed by atoms with Gasteiger partial charge in [0.1, 0.15) is 5.75 Å². The van der Waals surface area contributed by atoms with Gasteiger partial charge in [-0.1, -0.05) is 31.0 Å². The van der Waals surface area contributed by atoms with Gasteiger partial charge in [0, 0.05) is 24.6 Å². The minimum Gasteiger partial charge on any atom is -0.493 e. The van der Waals surface area contributed by atoms with Crippen LogP contribution >= 0.6 is 0 Å². The van der Waals surface area contributed by atoms with E-state index in [1.165, 1.54) is 5.56 Å². The van der Waals surface area contributed by atoms with Gasteiger partial charge in [0.15, 0.2) is 0 Å². The molecule has 3 heteroatoms. The van der Waals surface area contributed by atoms with E-state index in [4.69, 9.17) is 4.74 Å². The van der Waals surface area contributed by atoms with Crippen molar-refractivity contribution < 1.29 is 9.84 Å². The molecule has 3 nitrogen and oxygen atoms in total. The Morgan fingerprint density at radius 3 is 2.89 bits per heavy atom. The molecule has 1 saturated carbocycles. The van der Waals surface area contributed by atoms with E-state index in [0.29, 0.717) is 12.6 Å². The largest absolute Gasteiger partial charge is 0.493 e. The van der Waals surface area contributed by atoms with E-state index < -0.39 is 5.60 Å². The molecule has 1 atom stereocenters. The molecule has 98 valence electrons. The Kier molecular flexibility index (Phi) is 3.27. The van der Waals surface area contributed by atoms with Crippen molar-refractivity contribution in [2.45, 2.75) is 43.7 Å². The second-order valence-corrected chi connectivity index (χ2v) is 5.54. The highest BCUT2D eigenvalue weighted by molar-refractivity contribution is 5.37. The van der Waals surface area contributed by atoms with Crippen LogP contribution in [0.25, 0.3) is 0 Å². The predicted octanol–water partition coefficient (Wildman–Crippen LogP) is 2.40. The Morgan fingerprint density at radius 2 is 2.06 bits per heavy atom. The fraction of sp³-hybridized carbons (Fsp3) is 0.600. The monoisotopic (exact) mass is 247 g/mol. The Balaban J connectivity index is 1.67. The number of ether oxygens (including phenoxy) is 1. The van der Waals surface area contributed by atoms with Crippen LogP contribution in [-0.4, -0.2) is 23.9 Å². The maximum Gasteiger partial charge on any atom is 0.124 e. The summed E-state index contributed by atoms with van der Waals surface area (Å²) < 4.78 is 5.65. The minimum atomic E-state index is -0.479. The lowest BCUT2D eigenvalue weighted by molar-refractivity contribution is 0.0431. The summed E-state index contributed by atoms with van der Waals surface area (Å²) >= 11 is 0. The zero-order chi connectivity index (χ0) is 12.4. The van der Waals surface area contributed by atoms with E-state index >= 15 is 0 Å². The van der Waals surface area contributed by atoms with Crippen LogP contribution in [0.2, 0.25) is 0 Å². The summed E-state index contributed by atoms with van der Waals surface area (Å²) in [6, 6.07) is 8.51. The lowest BCUT2D eigenvalue weighted by Crippen LogP contribution is -2.40. The van der Waals surface area contributed by atoms with Crippen molar-refractivity contribution in [3.63, 3.8) is 0 Å². The van der Waals surface area contributed by atoms with Gasteiger partial charge in [0.05, 0.1) is 12.2 Å². The van der Waals surface area contributed by atoms with Crippen molar-refractivity contribution in [3.05, 3.63) is 29.8 Å². The lowest BCUT2D eigenvalue weighted by atomic mass is 9.97. The molecule has 1 unspecified atom stereocenters. The highest BCUT2D eigenvalue weighted by Gasteiger charge is 2.32. The van der Waals surface area contributed by atoms with Crippen LogP contribution in [-0.2, 0) is 0 Å². The molecule has 0 amide bonds. The first-order valence-electron chi connectivity index (χ1n) is 6.94. The number of aliphatic hydroxyl groups is 1. The highest BCUT2D eigenvalue weighted by atomic mass is 16.5. The van der Waals surface area contributed by atoms with Crippen molar-refractivity contribution in [1.29, 1.82) is 0 Å². The van der Waals surface area contributed by atoms with Gasteiger partial charge in [-0.2, -0.15) is 0 Å². The van der Waals surface area contributed by atoms with Crippen LogP contribution in [0.4, 0.5) is 0 Å². The van der Waals surface area contributed by atoms with Gasteiger partial charge in [-0.3, -0.25) is 0 Å². The van der Waals surface area contributed by atoms with E-state index in [1.54, 1.807) is 0 Å². The van der Waals surface area contributed by atoms with Crippen LogP contribution in [0.15, 0.2) is 24.3 Å². The molecule has 1 aliphatic heterocycles. The molecule has 0 spiro atoms. The Hall–Kier alpha value is -1.06. The van der Waals surface area contributed by atoms with Crippen LogP contribution in [0, 0.1) is 0 Å². The molecule has 0 aromatic heterocycles. The van der Waals surface area contributed by atoms with E-state index in [0.717, 1.165) is 44.5 Å². The number of para-hydroxylation sites is 1. The van der Waals surface area contributed by atoms with Gasteiger partial charge in [-0.25, -0.2) is 0 Å². The molecule has 1 fully saturated rings. The molecule has 18 heavy (non-hydrogen) atoms. The summed E-state index contributed by atoms with van der Waals surface area (Å²) in [7, 11) is 0. The molecule has 3 rings (SSSR count). The molecular formula is C15H21NO2. The van der Waals surface area contributed by atoms with Gasteiger partial charge in [0.25, 0.3) is 0 Å². The number of hydrogen-bond donors (Lipinski definition) is 2. The number of benzene rings is 1. The third-order valence-corrected chi connectivity index (χ3v) is 4.17. The fourth-order valence-corrected chi connectivity index (χ4v) is 3.08. The van der Waals surface area contributed by atoms with Crippen LogP contribution in [0.5, 0.6) is 5.75 Å². The van der Waals surface area contributed by atoms with Crippen molar-refractivity contribution in [2.24, 2.45) is 0 Å². The molecule has 1 heterocycles. The molecule has 1 aromatic rings. The van der Waals surface area contributed by atoms with Crippen LogP contribution < -0.4 is 10.1 Å². The van der Waals surface area contributed by atoms with E-state index in [-0.39, 0.29) is 0 Å². The summed E-state index contributed by atoms with van der Waals surface area (Å²) in [5, 5.41) is 13.9. The Labute approximate surface area is 108 Å². The quantitative estimate of drug-likeness (QED) is 0.862. The maximum atomic E-state index is 10.4. The molecule has 2 aliphatic rings. The van der Waals surface area contributed by atoms with Gasteiger partial charge in [0.2, 0.25) is 0 Å². The molecular weight excluding hydrogens is 226 g/mol. The zero-order valence-corrected chi connectivity index (χ0v) is 10.7. The molecule has 0 radical (unpaired) electrons. The number of fused-ring (bicyclic) bond motifs is 1. The normalized spacial score (nSPS) is 25.5. The zero-order valence-electron chi connectivity index (χ0n) is 10.7. The fourth-order valence-electron chi connectivity index (χ4n) is 3.08. The average Bonchev–Trinajstić information content (AvgIpc) is 2.84. The third kappa shape index (κ3) is 2.38. The average molecular weight is 247 g/mol. The molecule has 1 aliphatic carbocycles. The third-order valence-electron chi connectivity index (χ3n) is 4.17. The first-order chi connectivity index (χ1) is 8.77. The molecule has 1 aromatic carbocycles. The maximum absolute atomic E-state index is 10.4. The molecule has 0 saturated heterocycles. The number of rotatable bonds is 3. The smallest absolute Gasteiger partial charge is 0.124 e. The Morgan fingerprint density at radius 1 is 1.28 bits per heavy atom. The summed E-state index contributed by atoms with van der Waals surface area (Å²) in [6.45, 7) is 1.46. The lowest BCUT2D eigenvalue weighted by Gasteiger charge is -2.30. The van der Waals surface area contributed by atoms with Gasteiger partial charge in [-0.05, 0) is 18.9 Å². The Bertz CT molecular complexity index is 413. The minimum absolute atomic E-state index is 0.319. The van der Waals surface area contributed by atoms with Gasteiger partial charge in [-0.15, -0.1) is 0 Å². The van der Waals surface area contributed by atoms with Crippen LogP contribution in [0.1, 0.15) is 43.7 Å². The number of hydrogen-bond acceptors (Lipinski definition) is 3. The first-order valence-corrected chi connectivity index (χ1v) is 6.94. The van der Waals surface area contributed by atoms with Gasteiger partial charge < -0.3 is 15.2 Å². The molecule has 2 N–H and O–H groups in total.